The second kappa shape index (κ2) is 16.5. The fourth-order valence-corrected chi connectivity index (χ4v) is 6.19. The Morgan fingerprint density at radius 2 is 1.78 bits per heavy atom. The molecule has 16 heteroatoms. The second-order valence-electron chi connectivity index (χ2n) is 12.8. The van der Waals surface area contributed by atoms with Crippen LogP contribution in [0.3, 0.4) is 0 Å². The van der Waals surface area contributed by atoms with E-state index in [9.17, 15) is 33.9 Å². The van der Waals surface area contributed by atoms with Gasteiger partial charge in [0.2, 0.25) is 17.7 Å². The van der Waals surface area contributed by atoms with Crippen LogP contribution in [-0.2, 0) is 23.9 Å². The summed E-state index contributed by atoms with van der Waals surface area (Å²) < 4.78 is 12.4. The van der Waals surface area contributed by atoms with E-state index in [0.717, 1.165) is 12.8 Å². The average Bonchev–Trinajstić information content (AvgIpc) is 3.62. The molecule has 2 aromatic rings. The van der Waals surface area contributed by atoms with Crippen molar-refractivity contribution in [1.29, 1.82) is 0 Å². The minimum absolute atomic E-state index is 0.0842. The number of carboxylic acids is 1. The number of piperazine rings is 1. The van der Waals surface area contributed by atoms with Gasteiger partial charge in [0.05, 0.1) is 12.3 Å². The Labute approximate surface area is 290 Å². The number of hydrogen-bond acceptors (Lipinski definition) is 9. The number of likely N-dealkylation sites (tertiary alicyclic amines) is 1. The molecule has 1 aromatic carbocycles. The standard InChI is InChI=1S/C34H45N7O9/c1-3-49-34(48)39-17-16-38(20-22(39)2)33(47)25(13-14-30(43)44)36-31(45)26-18-29(41(37-26)24-8-5-4-6-9-24)50-21-28(42)40-15-7-10-27(40)32(46)35-19-23-11-12-23/h4-6,8-9,18,22-23,25,27H,3,7,10-17,19-21H2,1-2H3,(H,35,46)(H,36,45)(H,43,44). The number of rotatable bonds is 14. The second-order valence-corrected chi connectivity index (χ2v) is 12.8. The van der Waals surface area contributed by atoms with Crippen LogP contribution in [-0.4, -0.2) is 129 Å². The first kappa shape index (κ1) is 36.1. The van der Waals surface area contributed by atoms with E-state index in [0.29, 0.717) is 37.5 Å². The molecule has 3 N–H and O–H groups in total. The summed E-state index contributed by atoms with van der Waals surface area (Å²) in [6, 6.07) is 8.04. The summed E-state index contributed by atoms with van der Waals surface area (Å²) in [7, 11) is 0. The number of benzene rings is 1. The Bertz CT molecular complexity index is 1560. The lowest BCUT2D eigenvalue weighted by molar-refractivity contribution is -0.140. The van der Waals surface area contributed by atoms with Gasteiger partial charge in [0.25, 0.3) is 11.8 Å². The monoisotopic (exact) mass is 695 g/mol. The van der Waals surface area contributed by atoms with Gasteiger partial charge in [-0.05, 0) is 64.0 Å². The number of para-hydroxylation sites is 1. The van der Waals surface area contributed by atoms with Gasteiger partial charge in [0.15, 0.2) is 12.3 Å². The van der Waals surface area contributed by atoms with Gasteiger partial charge in [-0.3, -0.25) is 24.0 Å². The molecule has 3 heterocycles. The first-order chi connectivity index (χ1) is 24.0. The number of hydrogen-bond donors (Lipinski definition) is 3. The molecular weight excluding hydrogens is 650 g/mol. The van der Waals surface area contributed by atoms with Crippen molar-refractivity contribution in [2.45, 2.75) is 70.5 Å². The molecule has 5 amide bonds. The lowest BCUT2D eigenvalue weighted by atomic mass is 10.1. The highest BCUT2D eigenvalue weighted by Crippen LogP contribution is 2.28. The molecule has 0 spiro atoms. The zero-order valence-electron chi connectivity index (χ0n) is 28.4. The van der Waals surface area contributed by atoms with E-state index in [1.165, 1.54) is 25.4 Å². The smallest absolute Gasteiger partial charge is 0.410 e. The average molecular weight is 696 g/mol. The van der Waals surface area contributed by atoms with Crippen molar-refractivity contribution in [3.05, 3.63) is 42.1 Å². The Kier molecular flexibility index (Phi) is 11.9. The topological polar surface area (TPSA) is 193 Å². The number of aromatic nitrogens is 2. The number of amides is 5. The van der Waals surface area contributed by atoms with E-state index < -0.39 is 42.6 Å². The molecule has 3 atom stereocenters. The van der Waals surface area contributed by atoms with Gasteiger partial charge in [-0.15, -0.1) is 0 Å². The number of aliphatic carboxylic acids is 1. The maximum Gasteiger partial charge on any atom is 0.410 e. The quantitative estimate of drug-likeness (QED) is 0.260. The van der Waals surface area contributed by atoms with E-state index in [1.807, 2.05) is 0 Å². The first-order valence-corrected chi connectivity index (χ1v) is 17.2. The molecule has 1 aromatic heterocycles. The zero-order chi connectivity index (χ0) is 35.8. The molecule has 50 heavy (non-hydrogen) atoms. The highest BCUT2D eigenvalue weighted by molar-refractivity contribution is 5.96. The lowest BCUT2D eigenvalue weighted by Gasteiger charge is -2.40. The van der Waals surface area contributed by atoms with Gasteiger partial charge in [0, 0.05) is 51.3 Å². The fraction of sp³-hybridized carbons (Fsp3) is 0.559. The molecule has 3 fully saturated rings. The predicted molar refractivity (Wildman–Crippen MR) is 177 cm³/mol. The third-order valence-corrected chi connectivity index (χ3v) is 9.08. The minimum Gasteiger partial charge on any atom is -0.481 e. The van der Waals surface area contributed by atoms with Crippen LogP contribution in [0.4, 0.5) is 4.79 Å². The molecule has 1 aliphatic carbocycles. The Hall–Kier alpha value is -5.15. The third-order valence-electron chi connectivity index (χ3n) is 9.08. The summed E-state index contributed by atoms with van der Waals surface area (Å²) >= 11 is 0. The van der Waals surface area contributed by atoms with E-state index >= 15 is 0 Å². The molecule has 0 radical (unpaired) electrons. The predicted octanol–water partition coefficient (Wildman–Crippen LogP) is 1.42. The zero-order valence-corrected chi connectivity index (χ0v) is 28.4. The van der Waals surface area contributed by atoms with E-state index in [2.05, 4.69) is 15.7 Å². The highest BCUT2D eigenvalue weighted by atomic mass is 16.6. The normalized spacial score (nSPS) is 19.4. The molecule has 270 valence electrons. The number of carboxylic acid groups (broad SMARTS) is 1. The molecule has 2 aliphatic heterocycles. The van der Waals surface area contributed by atoms with Crippen molar-refractivity contribution in [2.75, 3.05) is 45.9 Å². The van der Waals surface area contributed by atoms with E-state index in [-0.39, 0.29) is 68.5 Å². The number of carbonyl (C=O) groups excluding carboxylic acids is 5. The van der Waals surface area contributed by atoms with Gasteiger partial charge in [-0.2, -0.15) is 5.10 Å². The van der Waals surface area contributed by atoms with Gasteiger partial charge in [0.1, 0.15) is 12.1 Å². The number of carbonyl (C=O) groups is 6. The van der Waals surface area contributed by atoms with Crippen LogP contribution in [0.15, 0.2) is 36.4 Å². The summed E-state index contributed by atoms with van der Waals surface area (Å²) in [5.74, 6) is -2.31. The van der Waals surface area contributed by atoms with Crippen LogP contribution >= 0.6 is 0 Å². The van der Waals surface area contributed by atoms with Crippen LogP contribution < -0.4 is 15.4 Å². The van der Waals surface area contributed by atoms with Crippen LogP contribution in [0.25, 0.3) is 5.69 Å². The van der Waals surface area contributed by atoms with E-state index in [1.54, 1.807) is 44.2 Å². The molecule has 16 nitrogen and oxygen atoms in total. The van der Waals surface area contributed by atoms with Crippen molar-refractivity contribution in [3.63, 3.8) is 0 Å². The minimum atomic E-state index is -1.19. The molecule has 3 aliphatic rings. The molecular formula is C34H45N7O9. The van der Waals surface area contributed by atoms with Gasteiger partial charge in [-0.1, -0.05) is 18.2 Å². The van der Waals surface area contributed by atoms with Crippen molar-refractivity contribution in [2.24, 2.45) is 5.92 Å². The summed E-state index contributed by atoms with van der Waals surface area (Å²) in [5.41, 5.74) is 0.419. The first-order valence-electron chi connectivity index (χ1n) is 17.2. The summed E-state index contributed by atoms with van der Waals surface area (Å²) in [5, 5.41) is 19.4. The summed E-state index contributed by atoms with van der Waals surface area (Å²) in [6.07, 6.45) is 2.44. The van der Waals surface area contributed by atoms with Gasteiger partial charge < -0.3 is 39.9 Å². The largest absolute Gasteiger partial charge is 0.481 e. The fourth-order valence-electron chi connectivity index (χ4n) is 6.19. The number of nitrogens with zero attached hydrogens (tertiary/aromatic N) is 5. The van der Waals surface area contributed by atoms with Gasteiger partial charge in [-0.25, -0.2) is 9.48 Å². The van der Waals surface area contributed by atoms with Crippen molar-refractivity contribution < 1.29 is 43.3 Å². The maximum absolute atomic E-state index is 13.6. The van der Waals surface area contributed by atoms with E-state index in [4.69, 9.17) is 9.47 Å². The Morgan fingerprint density at radius 1 is 1.02 bits per heavy atom. The van der Waals surface area contributed by atoms with Crippen molar-refractivity contribution in [3.8, 4) is 11.6 Å². The molecule has 1 saturated carbocycles. The number of ether oxygens (including phenoxy) is 2. The van der Waals surface area contributed by atoms with Crippen LogP contribution in [0.5, 0.6) is 5.88 Å². The van der Waals surface area contributed by atoms with Gasteiger partial charge >= 0.3 is 12.1 Å². The van der Waals surface area contributed by atoms with Crippen LogP contribution in [0.1, 0.15) is 62.9 Å². The summed E-state index contributed by atoms with van der Waals surface area (Å²) in [4.78, 5) is 81.6. The van der Waals surface area contributed by atoms with Crippen molar-refractivity contribution >= 4 is 35.7 Å². The Balaban J connectivity index is 1.28. The number of nitrogens with one attached hydrogen (secondary N) is 2. The van der Waals surface area contributed by atoms with Crippen molar-refractivity contribution in [1.82, 2.24) is 35.1 Å². The SMILES string of the molecule is CCOC(=O)N1CCN(C(=O)C(CCC(=O)O)NC(=O)c2cc(OCC(=O)N3CCCC3C(=O)NCC3CC3)n(-c3ccccc3)n2)CC1C. The molecule has 5 rings (SSSR count). The molecule has 0 bridgehead atoms. The third kappa shape index (κ3) is 9.09. The van der Waals surface area contributed by atoms with Crippen LogP contribution in [0, 0.1) is 5.92 Å². The Morgan fingerprint density at radius 3 is 2.46 bits per heavy atom. The lowest BCUT2D eigenvalue weighted by Crippen LogP contribution is -2.59. The maximum atomic E-state index is 13.6. The summed E-state index contributed by atoms with van der Waals surface area (Å²) in [6.45, 7) is 4.91. The molecule has 2 saturated heterocycles. The highest BCUT2D eigenvalue weighted by Gasteiger charge is 2.36. The molecule has 3 unspecified atom stereocenters. The van der Waals surface area contributed by atoms with Crippen LogP contribution in [0.2, 0.25) is 0 Å².